The van der Waals surface area contributed by atoms with Crippen LogP contribution in [0.25, 0.3) is 0 Å². The van der Waals surface area contributed by atoms with Crippen LogP contribution in [-0.4, -0.2) is 27.3 Å². The Kier molecular flexibility index (Phi) is 6.85. The van der Waals surface area contributed by atoms with Gasteiger partial charge in [0, 0.05) is 12.1 Å². The van der Waals surface area contributed by atoms with E-state index in [1.54, 1.807) is 12.1 Å². The van der Waals surface area contributed by atoms with Crippen molar-refractivity contribution in [3.8, 4) is 0 Å². The van der Waals surface area contributed by atoms with Gasteiger partial charge >= 0.3 is 6.18 Å². The molecule has 0 spiro atoms. The summed E-state index contributed by atoms with van der Waals surface area (Å²) in [5, 5.41) is 2.72. The van der Waals surface area contributed by atoms with Gasteiger partial charge in [-0.2, -0.15) is 13.2 Å². The van der Waals surface area contributed by atoms with Crippen molar-refractivity contribution in [1.29, 1.82) is 0 Å². The second kappa shape index (κ2) is 9.35. The first-order chi connectivity index (χ1) is 15.6. The molecular weight excluding hydrogens is 456 g/mol. The van der Waals surface area contributed by atoms with Crippen molar-refractivity contribution >= 4 is 10.0 Å². The summed E-state index contributed by atoms with van der Waals surface area (Å²) in [6, 6.07) is 8.47. The summed E-state index contributed by atoms with van der Waals surface area (Å²) in [7, 11) is -1.67. The van der Waals surface area contributed by atoms with E-state index in [-0.39, 0.29) is 23.9 Å². The fourth-order valence-electron chi connectivity index (χ4n) is 4.87. The average Bonchev–Trinajstić information content (AvgIpc) is 3.00. The highest BCUT2D eigenvalue weighted by Gasteiger charge is 2.35. The summed E-state index contributed by atoms with van der Waals surface area (Å²) in [5.41, 5.74) is 1.85. The number of sulfonamides is 1. The van der Waals surface area contributed by atoms with Gasteiger partial charge in [-0.25, -0.2) is 17.5 Å². The van der Waals surface area contributed by atoms with Crippen molar-refractivity contribution in [3.63, 3.8) is 0 Å². The number of benzene rings is 2. The highest BCUT2D eigenvalue weighted by atomic mass is 32.2. The lowest BCUT2D eigenvalue weighted by Crippen LogP contribution is -2.38. The number of alkyl halides is 3. The molecule has 0 heterocycles. The predicted molar refractivity (Wildman–Crippen MR) is 119 cm³/mol. The molecule has 0 radical (unpaired) electrons. The summed E-state index contributed by atoms with van der Waals surface area (Å²) in [5.74, 6) is -0.465. The van der Waals surface area contributed by atoms with E-state index in [1.807, 2.05) is 7.05 Å². The molecule has 2 N–H and O–H groups in total. The maximum absolute atomic E-state index is 14.8. The van der Waals surface area contributed by atoms with Gasteiger partial charge in [0.25, 0.3) is 0 Å². The van der Waals surface area contributed by atoms with E-state index < -0.39 is 32.8 Å². The lowest BCUT2D eigenvalue weighted by molar-refractivity contribution is -0.137. The first-order valence-electron chi connectivity index (χ1n) is 11.2. The molecule has 1 saturated carbocycles. The molecule has 2 unspecified atom stereocenters. The minimum Gasteiger partial charge on any atom is -0.319 e. The Bertz CT molecular complexity index is 1110. The van der Waals surface area contributed by atoms with Crippen molar-refractivity contribution < 1.29 is 26.0 Å². The third kappa shape index (κ3) is 5.25. The van der Waals surface area contributed by atoms with Gasteiger partial charge in [-0.1, -0.05) is 30.7 Å². The normalized spacial score (nSPS) is 21.1. The molecule has 2 aromatic rings. The Balaban J connectivity index is 1.60. The zero-order valence-corrected chi connectivity index (χ0v) is 19.2. The van der Waals surface area contributed by atoms with Crippen LogP contribution in [0.15, 0.2) is 36.4 Å². The summed E-state index contributed by atoms with van der Waals surface area (Å²) in [6.45, 7) is 0.508. The van der Waals surface area contributed by atoms with Gasteiger partial charge in [0.05, 0.1) is 10.8 Å². The van der Waals surface area contributed by atoms with E-state index in [0.29, 0.717) is 37.8 Å². The molecule has 2 aliphatic carbocycles. The summed E-state index contributed by atoms with van der Waals surface area (Å²) >= 11 is 0. The zero-order chi connectivity index (χ0) is 23.8. The minimum atomic E-state index is -4.41. The molecular formula is C24H28F4N2O2S. The Labute approximate surface area is 191 Å². The van der Waals surface area contributed by atoms with E-state index in [4.69, 9.17) is 0 Å². The molecule has 9 heteroatoms. The van der Waals surface area contributed by atoms with Crippen LogP contribution in [0, 0.1) is 11.7 Å². The Morgan fingerprint density at radius 2 is 1.88 bits per heavy atom. The van der Waals surface area contributed by atoms with Gasteiger partial charge < -0.3 is 5.32 Å². The summed E-state index contributed by atoms with van der Waals surface area (Å²) < 4.78 is 81.6. The Morgan fingerprint density at radius 1 is 1.12 bits per heavy atom. The largest absolute Gasteiger partial charge is 0.416 e. The van der Waals surface area contributed by atoms with E-state index in [0.717, 1.165) is 23.6 Å². The van der Waals surface area contributed by atoms with Crippen LogP contribution >= 0.6 is 0 Å². The number of hydrogen-bond acceptors (Lipinski definition) is 3. The molecule has 0 aliphatic heterocycles. The lowest BCUT2D eigenvalue weighted by atomic mass is 9.86. The van der Waals surface area contributed by atoms with Crippen molar-refractivity contribution in [3.05, 3.63) is 70.0 Å². The quantitative estimate of drug-likeness (QED) is 0.541. The molecule has 2 aromatic carbocycles. The molecule has 2 aliphatic rings. The van der Waals surface area contributed by atoms with Crippen LogP contribution in [0.4, 0.5) is 17.6 Å². The van der Waals surface area contributed by atoms with E-state index in [9.17, 15) is 26.0 Å². The Hall–Kier alpha value is -1.97. The van der Waals surface area contributed by atoms with Crippen LogP contribution in [0.1, 0.15) is 53.0 Å². The van der Waals surface area contributed by atoms with Crippen LogP contribution < -0.4 is 10.0 Å². The van der Waals surface area contributed by atoms with Crippen LogP contribution in [0.3, 0.4) is 0 Å². The van der Waals surface area contributed by atoms with Crippen molar-refractivity contribution in [2.45, 2.75) is 56.0 Å². The van der Waals surface area contributed by atoms with Gasteiger partial charge in [0.15, 0.2) is 0 Å². The number of nitrogens with one attached hydrogen (secondary N) is 2. The molecule has 2 atom stereocenters. The zero-order valence-electron chi connectivity index (χ0n) is 18.4. The fourth-order valence-corrected chi connectivity index (χ4v) is 6.42. The molecule has 4 rings (SSSR count). The summed E-state index contributed by atoms with van der Waals surface area (Å²) in [4.78, 5) is 0. The molecule has 180 valence electrons. The molecule has 0 saturated heterocycles. The van der Waals surface area contributed by atoms with Gasteiger partial charge in [-0.3, -0.25) is 0 Å². The maximum atomic E-state index is 14.8. The first-order valence-corrected chi connectivity index (χ1v) is 12.7. The number of hydrogen-bond donors (Lipinski definition) is 2. The van der Waals surface area contributed by atoms with Crippen molar-refractivity contribution in [2.24, 2.45) is 5.92 Å². The SMILES string of the molecule is CNCC1Cc2cc(F)c(CNS(=O)(=O)C3CCC3)cc2C1Cc1cccc(C(F)(F)F)c1. The highest BCUT2D eigenvalue weighted by Crippen LogP contribution is 2.42. The predicted octanol–water partition coefficient (Wildman–Crippen LogP) is 4.53. The van der Waals surface area contributed by atoms with Crippen LogP contribution in [0.2, 0.25) is 0 Å². The second-order valence-electron chi connectivity index (χ2n) is 9.09. The topological polar surface area (TPSA) is 58.2 Å². The van der Waals surface area contributed by atoms with Crippen molar-refractivity contribution in [1.82, 2.24) is 10.0 Å². The Morgan fingerprint density at radius 3 is 2.52 bits per heavy atom. The van der Waals surface area contributed by atoms with Gasteiger partial charge in [-0.15, -0.1) is 0 Å². The smallest absolute Gasteiger partial charge is 0.319 e. The second-order valence-corrected chi connectivity index (χ2v) is 11.1. The molecule has 0 aromatic heterocycles. The lowest BCUT2D eigenvalue weighted by Gasteiger charge is -2.25. The summed E-state index contributed by atoms with van der Waals surface area (Å²) in [6.07, 6.45) is -1.29. The average molecular weight is 485 g/mol. The molecule has 4 nitrogen and oxygen atoms in total. The number of halogens is 4. The van der Waals surface area contributed by atoms with Gasteiger partial charge in [0.1, 0.15) is 5.82 Å². The third-order valence-electron chi connectivity index (χ3n) is 6.89. The number of rotatable bonds is 8. The van der Waals surface area contributed by atoms with Gasteiger partial charge in [-0.05, 0) is 79.9 Å². The standard InChI is InChI=1S/C24H28F4N2O2S/c1-29-13-17-10-16-12-23(25)18(14-30-33(31,32)20-6-3-7-20)11-22(16)21(17)9-15-4-2-5-19(8-15)24(26,27)28/h2,4-5,8,11-12,17,20-21,29-30H,3,6-7,9-10,13-14H2,1H3. The number of fused-ring (bicyclic) bond motifs is 1. The first kappa shape index (κ1) is 24.2. The molecule has 0 bridgehead atoms. The van der Waals surface area contributed by atoms with Crippen LogP contribution in [-0.2, 0) is 35.6 Å². The van der Waals surface area contributed by atoms with E-state index >= 15 is 0 Å². The third-order valence-corrected chi connectivity index (χ3v) is 8.79. The fraction of sp³-hybridized carbons (Fsp3) is 0.500. The molecule has 33 heavy (non-hydrogen) atoms. The van der Waals surface area contributed by atoms with Gasteiger partial charge in [0.2, 0.25) is 10.0 Å². The van der Waals surface area contributed by atoms with E-state index in [2.05, 4.69) is 10.0 Å². The molecule has 1 fully saturated rings. The minimum absolute atomic E-state index is 0.0980. The van der Waals surface area contributed by atoms with Crippen LogP contribution in [0.5, 0.6) is 0 Å². The maximum Gasteiger partial charge on any atom is 0.416 e. The highest BCUT2D eigenvalue weighted by molar-refractivity contribution is 7.90. The van der Waals surface area contributed by atoms with E-state index in [1.165, 1.54) is 18.2 Å². The molecule has 0 amide bonds. The monoisotopic (exact) mass is 484 g/mol. The van der Waals surface area contributed by atoms with Crippen molar-refractivity contribution in [2.75, 3.05) is 13.6 Å².